The number of ether oxygens (including phenoxy) is 5. The second-order valence-corrected chi connectivity index (χ2v) is 26.4. The van der Waals surface area contributed by atoms with Crippen LogP contribution in [0.3, 0.4) is 0 Å². The molecule has 4 aromatic rings. The smallest absolute Gasteiger partial charge is 0.225 e. The number of rotatable bonds is 37. The first-order valence-electron chi connectivity index (χ1n) is 30.9. The Labute approximate surface area is 481 Å². The Morgan fingerprint density at radius 1 is 0.532 bits per heavy atom. The fourth-order valence-electron chi connectivity index (χ4n) is 11.5. The number of hydrogen-bond donors (Lipinski definition) is 2. The van der Waals surface area contributed by atoms with Crippen molar-refractivity contribution in [1.82, 2.24) is 5.32 Å². The first kappa shape index (κ1) is 65.9. The van der Waals surface area contributed by atoms with Gasteiger partial charge in [0.25, 0.3) is 0 Å². The van der Waals surface area contributed by atoms with E-state index in [4.69, 9.17) is 29.4 Å². The summed E-state index contributed by atoms with van der Waals surface area (Å²) >= 11 is 0. The molecule has 3 N–H and O–H groups in total. The Hall–Kier alpha value is -3.89. The molecule has 5 rings (SSSR count). The number of methoxy groups -OCH3 is 1. The molecule has 0 saturated carbocycles. The summed E-state index contributed by atoms with van der Waals surface area (Å²) in [5.41, 5.74) is 15.1. The summed E-state index contributed by atoms with van der Waals surface area (Å²) < 4.78 is 32.3. The van der Waals surface area contributed by atoms with E-state index in [0.29, 0.717) is 39.3 Å². The van der Waals surface area contributed by atoms with Crippen molar-refractivity contribution < 1.29 is 28.5 Å². The van der Waals surface area contributed by atoms with Crippen molar-refractivity contribution in [3.63, 3.8) is 0 Å². The van der Waals surface area contributed by atoms with Crippen molar-refractivity contribution in [2.45, 2.75) is 245 Å². The average Bonchev–Trinajstić information content (AvgIpc) is 3.99. The number of hydrogen-bond acceptors (Lipinski definition) is 7. The van der Waals surface area contributed by atoms with Crippen molar-refractivity contribution >= 4 is 5.91 Å². The molecule has 1 aliphatic carbocycles. The molecule has 0 saturated heterocycles. The maximum absolute atomic E-state index is 13.1. The van der Waals surface area contributed by atoms with E-state index in [1.165, 1.54) is 57.3 Å². The van der Waals surface area contributed by atoms with Gasteiger partial charge in [-0.1, -0.05) is 153 Å². The molecule has 4 atom stereocenters. The predicted octanol–water partition coefficient (Wildman–Crippen LogP) is 17.4. The van der Waals surface area contributed by atoms with Crippen molar-refractivity contribution in [1.29, 1.82) is 0 Å². The lowest BCUT2D eigenvalue weighted by Gasteiger charge is -2.38. The number of carbonyl (C=O) groups is 1. The highest BCUT2D eigenvalue weighted by Crippen LogP contribution is 2.56. The van der Waals surface area contributed by atoms with Crippen LogP contribution in [0.4, 0.5) is 0 Å². The maximum Gasteiger partial charge on any atom is 0.225 e. The van der Waals surface area contributed by atoms with Gasteiger partial charge in [0.15, 0.2) is 0 Å². The molecule has 0 fully saturated rings. The van der Waals surface area contributed by atoms with E-state index in [0.717, 1.165) is 95.6 Å². The molecule has 4 aromatic carbocycles. The zero-order chi connectivity index (χ0) is 58.2. The zero-order valence-corrected chi connectivity index (χ0v) is 52.7. The average molecular weight is 1090 g/mol. The number of carbonyl (C=O) groups excluding carboxylic acids is 1. The van der Waals surface area contributed by atoms with Crippen LogP contribution >= 0.6 is 0 Å². The molecule has 1 amide bonds. The molecule has 8 heteroatoms. The van der Waals surface area contributed by atoms with Crippen LogP contribution in [0, 0.1) is 5.41 Å². The number of nitrogens with two attached hydrogens (primary N) is 1. The predicted molar refractivity (Wildman–Crippen MR) is 332 cm³/mol. The van der Waals surface area contributed by atoms with Crippen molar-refractivity contribution in [2.24, 2.45) is 11.1 Å². The largest absolute Gasteiger partial charge is 0.376 e. The van der Waals surface area contributed by atoms with Crippen LogP contribution in [0.2, 0.25) is 0 Å². The van der Waals surface area contributed by atoms with E-state index in [-0.39, 0.29) is 39.1 Å². The SMILES string of the molecule is CCCCCOC(C)(CC)CCCC1(CCCC(C)(CC)OCC(C)(CC)OC)c2cc(-c3ccc(C(C)(C)OCCCCNC(=O)C(C)(C)CCOC(C)(C)CCN)cc3)ccc2-c2ccc(C(C)(C)c3ccccc3)cc21. The lowest BCUT2D eigenvalue weighted by molar-refractivity contribution is -0.131. The van der Waals surface area contributed by atoms with Crippen LogP contribution in [0.15, 0.2) is 91.0 Å². The first-order chi connectivity index (χ1) is 37.3. The first-order valence-corrected chi connectivity index (χ1v) is 30.9. The second kappa shape index (κ2) is 28.9. The Balaban J connectivity index is 1.43. The van der Waals surface area contributed by atoms with Crippen molar-refractivity contribution in [3.05, 3.63) is 119 Å². The van der Waals surface area contributed by atoms with Gasteiger partial charge >= 0.3 is 0 Å². The van der Waals surface area contributed by atoms with E-state index < -0.39 is 11.0 Å². The van der Waals surface area contributed by atoms with E-state index >= 15 is 0 Å². The minimum atomic E-state index is -0.518. The summed E-state index contributed by atoms with van der Waals surface area (Å²) in [6, 6.07) is 34.8. The van der Waals surface area contributed by atoms with Gasteiger partial charge in [-0.05, 0) is 201 Å². The molecule has 0 spiro atoms. The van der Waals surface area contributed by atoms with E-state index in [1.54, 1.807) is 0 Å². The van der Waals surface area contributed by atoms with Gasteiger partial charge in [-0.2, -0.15) is 0 Å². The summed E-state index contributed by atoms with van der Waals surface area (Å²) in [5.74, 6) is 0.0569. The molecule has 79 heavy (non-hydrogen) atoms. The fourth-order valence-corrected chi connectivity index (χ4v) is 11.5. The molecule has 0 aliphatic heterocycles. The van der Waals surface area contributed by atoms with Crippen LogP contribution in [-0.4, -0.2) is 74.9 Å². The molecule has 4 unspecified atom stereocenters. The van der Waals surface area contributed by atoms with Gasteiger partial charge in [-0.15, -0.1) is 0 Å². The van der Waals surface area contributed by atoms with Gasteiger partial charge in [-0.3, -0.25) is 4.79 Å². The molecule has 0 heterocycles. The quantitative estimate of drug-likeness (QED) is 0.0434. The summed E-state index contributed by atoms with van der Waals surface area (Å²) in [5, 5.41) is 3.16. The summed E-state index contributed by atoms with van der Waals surface area (Å²) in [6.07, 6.45) is 15.6. The fraction of sp³-hybridized carbons (Fsp3) is 0.648. The molecular formula is C71H110N2O6. The summed E-state index contributed by atoms with van der Waals surface area (Å²) in [6.45, 7) is 36.7. The standard InChI is InChI=1S/C71H110N2O6/c1-17-21-26-49-78-68(13,18-2)40-28-42-71(43-29-41-69(14,19-3)79-53-70(15,20-4)75-16)61-51-55(34-38-59(61)60-39-37-58(52-62(60)71)66(9,10)56-30-23-22-24-31-56)54-32-35-57(36-33-54)67(11,12)77-48-27-25-47-73-63(74)64(5,6)45-50-76-65(7,8)44-46-72/h22-24,30-39,51-52H,17-21,25-29,40-50,53,72H2,1-16H3,(H,73,74). The van der Waals surface area contributed by atoms with Crippen LogP contribution in [0.5, 0.6) is 0 Å². The van der Waals surface area contributed by atoms with E-state index in [1.807, 2.05) is 21.0 Å². The highest BCUT2D eigenvalue weighted by molar-refractivity contribution is 5.84. The molecule has 8 nitrogen and oxygen atoms in total. The van der Waals surface area contributed by atoms with Gasteiger partial charge in [0.05, 0.1) is 34.6 Å². The van der Waals surface area contributed by atoms with Crippen LogP contribution in [0.1, 0.15) is 234 Å². The van der Waals surface area contributed by atoms with Gasteiger partial charge < -0.3 is 34.7 Å². The number of benzene rings is 4. The lowest BCUT2D eigenvalue weighted by atomic mass is 9.68. The third-order valence-corrected chi connectivity index (χ3v) is 18.7. The van der Waals surface area contributed by atoms with Gasteiger partial charge in [0.2, 0.25) is 5.91 Å². The number of fused-ring (bicyclic) bond motifs is 3. The zero-order valence-electron chi connectivity index (χ0n) is 52.7. The summed E-state index contributed by atoms with van der Waals surface area (Å²) in [7, 11) is 1.81. The van der Waals surface area contributed by atoms with E-state index in [9.17, 15) is 4.79 Å². The Morgan fingerprint density at radius 2 is 1.09 bits per heavy atom. The third kappa shape index (κ3) is 17.6. The second-order valence-electron chi connectivity index (χ2n) is 26.4. The Kier molecular flexibility index (Phi) is 24.1. The van der Waals surface area contributed by atoms with Gasteiger partial charge in [0.1, 0.15) is 0 Å². The van der Waals surface area contributed by atoms with Crippen molar-refractivity contribution in [3.8, 4) is 22.3 Å². The van der Waals surface area contributed by atoms with Crippen LogP contribution < -0.4 is 11.1 Å². The number of nitrogens with one attached hydrogen (secondary N) is 1. The molecule has 0 radical (unpaired) electrons. The number of unbranched alkanes of at least 4 members (excludes halogenated alkanes) is 3. The van der Waals surface area contributed by atoms with Crippen molar-refractivity contribution in [2.75, 3.05) is 46.6 Å². The molecule has 440 valence electrons. The minimum absolute atomic E-state index is 0.0569. The van der Waals surface area contributed by atoms with Crippen LogP contribution in [0.25, 0.3) is 22.3 Å². The Bertz CT molecular complexity index is 2470. The minimum Gasteiger partial charge on any atom is -0.376 e. The van der Waals surface area contributed by atoms with Gasteiger partial charge in [-0.25, -0.2) is 0 Å². The molecule has 0 bridgehead atoms. The molecular weight excluding hydrogens is 977 g/mol. The lowest BCUT2D eigenvalue weighted by Crippen LogP contribution is -2.39. The summed E-state index contributed by atoms with van der Waals surface area (Å²) in [4.78, 5) is 13.1. The van der Waals surface area contributed by atoms with Crippen LogP contribution in [-0.2, 0) is 44.9 Å². The highest BCUT2D eigenvalue weighted by atomic mass is 16.5. The third-order valence-electron chi connectivity index (χ3n) is 18.7. The maximum atomic E-state index is 13.1. The Morgan fingerprint density at radius 3 is 1.68 bits per heavy atom. The topological polar surface area (TPSA) is 101 Å². The van der Waals surface area contributed by atoms with E-state index in [2.05, 4.69) is 186 Å². The number of amides is 1. The molecule has 0 aromatic heterocycles. The van der Waals surface area contributed by atoms with Gasteiger partial charge in [0, 0.05) is 49.7 Å². The molecule has 1 aliphatic rings. The monoisotopic (exact) mass is 1090 g/mol. The highest BCUT2D eigenvalue weighted by Gasteiger charge is 2.45. The normalized spacial score (nSPS) is 17.2.